The smallest absolute Gasteiger partial charge is 0.334 e. The van der Waals surface area contributed by atoms with Crippen LogP contribution in [-0.4, -0.2) is 23.5 Å². The number of ketones is 2. The van der Waals surface area contributed by atoms with Gasteiger partial charge in [0, 0.05) is 55.7 Å². The molecule has 0 amide bonds. The minimum absolute atomic E-state index is 0.0234. The molecule has 48 heavy (non-hydrogen) atoms. The van der Waals surface area contributed by atoms with Crippen molar-refractivity contribution >= 4 is 23.5 Å². The second-order valence-corrected chi connectivity index (χ2v) is 12.1. The molecule has 2 aliphatic rings. The first kappa shape index (κ1) is 33.7. The minimum Gasteiger partial charge on any atom is -0.446 e. The predicted octanol–water partition coefficient (Wildman–Crippen LogP) is 8.56. The molecule has 4 aromatic carbocycles. The summed E-state index contributed by atoms with van der Waals surface area (Å²) in [5.74, 6) is -1.07. The van der Waals surface area contributed by atoms with Crippen molar-refractivity contribution < 1.29 is 28.7 Å². The Kier molecular flexibility index (Phi) is 9.57. The van der Waals surface area contributed by atoms with Crippen LogP contribution in [0.4, 0.5) is 0 Å². The van der Waals surface area contributed by atoms with Gasteiger partial charge in [0.15, 0.2) is 22.8 Å². The largest absolute Gasteiger partial charge is 0.446 e. The number of hydrogen-bond acceptors (Lipinski definition) is 6. The summed E-state index contributed by atoms with van der Waals surface area (Å²) in [6.07, 6.45) is 4.03. The maximum atomic E-state index is 12.9. The van der Waals surface area contributed by atoms with Gasteiger partial charge in [-0.2, -0.15) is 0 Å². The summed E-state index contributed by atoms with van der Waals surface area (Å²) in [5.41, 5.74) is 3.50. The molecule has 0 saturated carbocycles. The molecule has 4 aromatic rings. The average Bonchev–Trinajstić information content (AvgIpc) is 3.11. The van der Waals surface area contributed by atoms with Crippen molar-refractivity contribution in [1.82, 2.24) is 0 Å². The molecule has 0 aliphatic heterocycles. The number of carbonyl (C=O) groups excluding carboxylic acids is 4. The van der Waals surface area contributed by atoms with Crippen LogP contribution in [0.5, 0.6) is 0 Å². The number of ether oxygens (including phenoxy) is 2. The van der Waals surface area contributed by atoms with Gasteiger partial charge >= 0.3 is 11.9 Å². The second-order valence-electron chi connectivity index (χ2n) is 12.1. The van der Waals surface area contributed by atoms with E-state index in [1.807, 2.05) is 60.7 Å². The number of carbonyl (C=O) groups is 4. The lowest BCUT2D eigenvalue weighted by atomic mass is 9.71. The Bertz CT molecular complexity index is 1880. The van der Waals surface area contributed by atoms with Gasteiger partial charge in [-0.3, -0.25) is 9.59 Å². The van der Waals surface area contributed by atoms with Crippen molar-refractivity contribution in [1.29, 1.82) is 0 Å². The summed E-state index contributed by atoms with van der Waals surface area (Å²) in [6, 6.07) is 29.1. The van der Waals surface area contributed by atoms with Crippen molar-refractivity contribution in [2.24, 2.45) is 0 Å². The Balaban J connectivity index is 0.000000188. The Labute approximate surface area is 281 Å². The van der Waals surface area contributed by atoms with E-state index in [4.69, 9.17) is 9.47 Å². The van der Waals surface area contributed by atoms with Crippen LogP contribution in [0.1, 0.15) is 94.1 Å². The first-order valence-corrected chi connectivity index (χ1v) is 15.9. The van der Waals surface area contributed by atoms with Crippen molar-refractivity contribution in [3.8, 4) is 0 Å². The highest BCUT2D eigenvalue weighted by molar-refractivity contribution is 6.14. The van der Waals surface area contributed by atoms with Crippen LogP contribution in [0.3, 0.4) is 0 Å². The molecule has 0 spiro atoms. The molecule has 6 heteroatoms. The molecule has 0 saturated heterocycles. The van der Waals surface area contributed by atoms with E-state index in [1.54, 1.807) is 56.3 Å². The molecule has 242 valence electrons. The molecule has 0 N–H and O–H groups in total. The third-order valence-electron chi connectivity index (χ3n) is 8.74. The topological polar surface area (TPSA) is 86.7 Å². The zero-order chi connectivity index (χ0) is 34.6. The van der Waals surface area contributed by atoms with Crippen LogP contribution >= 0.6 is 0 Å². The molecular formula is C42H38O6. The van der Waals surface area contributed by atoms with E-state index in [9.17, 15) is 19.2 Å². The predicted molar refractivity (Wildman–Crippen MR) is 186 cm³/mol. The van der Waals surface area contributed by atoms with Crippen LogP contribution < -0.4 is 0 Å². The highest BCUT2D eigenvalue weighted by Gasteiger charge is 2.47. The molecular weight excluding hydrogens is 600 g/mol. The van der Waals surface area contributed by atoms with Gasteiger partial charge in [0.25, 0.3) is 0 Å². The van der Waals surface area contributed by atoms with E-state index in [-0.39, 0.29) is 17.1 Å². The molecule has 0 fully saturated rings. The molecule has 0 atom stereocenters. The highest BCUT2D eigenvalue weighted by Crippen LogP contribution is 2.47. The fraction of sp³-hybridized carbons (Fsp3) is 0.190. The van der Waals surface area contributed by atoms with Crippen LogP contribution in [0, 0.1) is 0 Å². The van der Waals surface area contributed by atoms with E-state index in [0.29, 0.717) is 45.4 Å². The van der Waals surface area contributed by atoms with Gasteiger partial charge in [0.05, 0.1) is 0 Å². The van der Waals surface area contributed by atoms with Crippen molar-refractivity contribution in [3.63, 3.8) is 0 Å². The maximum Gasteiger partial charge on any atom is 0.334 e. The molecule has 0 heterocycles. The molecule has 6 rings (SSSR count). The average molecular weight is 639 g/mol. The molecule has 0 unspecified atom stereocenters. The fourth-order valence-corrected chi connectivity index (χ4v) is 6.36. The van der Waals surface area contributed by atoms with Gasteiger partial charge in [0.2, 0.25) is 0 Å². The van der Waals surface area contributed by atoms with Crippen LogP contribution in [-0.2, 0) is 30.3 Å². The first-order valence-electron chi connectivity index (χ1n) is 15.9. The number of unbranched alkanes of at least 4 members (excludes halogenated alkanes) is 1. The number of rotatable bonds is 8. The number of benzene rings is 4. The van der Waals surface area contributed by atoms with Gasteiger partial charge in [0.1, 0.15) is 0 Å². The maximum absolute atomic E-state index is 12.9. The zero-order valence-electron chi connectivity index (χ0n) is 27.5. The molecule has 0 aromatic heterocycles. The molecule has 0 bridgehead atoms. The van der Waals surface area contributed by atoms with Crippen molar-refractivity contribution in [3.05, 3.63) is 179 Å². The molecule has 6 nitrogen and oxygen atoms in total. The van der Waals surface area contributed by atoms with Gasteiger partial charge in [-0.05, 0) is 32.8 Å². The Morgan fingerprint density at radius 1 is 0.625 bits per heavy atom. The van der Waals surface area contributed by atoms with E-state index in [2.05, 4.69) is 26.7 Å². The zero-order valence-corrected chi connectivity index (χ0v) is 27.5. The SMILES string of the molecule is C=C(C)C(=O)OC1(CCCC)c2ccccc2C(=O)c2ccccc21.C=CC1(OC(=O)C(=C)C)c2ccccc2C(=O)c2ccccc21. The lowest BCUT2D eigenvalue weighted by Crippen LogP contribution is -2.40. The van der Waals surface area contributed by atoms with Crippen molar-refractivity contribution in [2.45, 2.75) is 51.2 Å². The summed E-state index contributed by atoms with van der Waals surface area (Å²) in [7, 11) is 0. The minimum atomic E-state index is -1.20. The summed E-state index contributed by atoms with van der Waals surface area (Å²) >= 11 is 0. The fourth-order valence-electron chi connectivity index (χ4n) is 6.36. The lowest BCUT2D eigenvalue weighted by molar-refractivity contribution is -0.153. The summed E-state index contributed by atoms with van der Waals surface area (Å²) in [6.45, 7) is 16.6. The number of hydrogen-bond donors (Lipinski definition) is 0. The third kappa shape index (κ3) is 5.75. The monoisotopic (exact) mass is 638 g/mol. The standard InChI is InChI=1S/C22H22O3.C20H16O3/c1-4-5-14-22(25-21(24)15(2)3)18-12-8-6-10-16(18)20(23)17-11-7-9-13-19(17)22;1-4-20(23-19(22)13(2)3)16-11-7-5-9-14(16)18(21)15-10-6-8-12-17(15)20/h6-13H,2,4-5,14H2,1,3H3;4-12H,1-2H2,3H3. The van der Waals surface area contributed by atoms with Crippen molar-refractivity contribution in [2.75, 3.05) is 0 Å². The summed E-state index contributed by atoms with van der Waals surface area (Å²) < 4.78 is 11.8. The highest BCUT2D eigenvalue weighted by atomic mass is 16.6. The lowest BCUT2D eigenvalue weighted by Gasteiger charge is -2.39. The summed E-state index contributed by atoms with van der Waals surface area (Å²) in [5, 5.41) is 0. The van der Waals surface area contributed by atoms with Gasteiger partial charge in [-0.1, -0.05) is 130 Å². The molecule has 0 radical (unpaired) electrons. The Morgan fingerprint density at radius 3 is 1.35 bits per heavy atom. The summed E-state index contributed by atoms with van der Waals surface area (Å²) in [4.78, 5) is 50.4. The van der Waals surface area contributed by atoms with E-state index in [0.717, 1.165) is 24.0 Å². The second kappa shape index (κ2) is 13.6. The quantitative estimate of drug-likeness (QED) is 0.109. The molecule has 2 aliphatic carbocycles. The van der Waals surface area contributed by atoms with Crippen LogP contribution in [0.25, 0.3) is 0 Å². The van der Waals surface area contributed by atoms with Gasteiger partial charge in [-0.15, -0.1) is 0 Å². The number of esters is 2. The third-order valence-corrected chi connectivity index (χ3v) is 8.74. The Hall–Kier alpha value is -5.62. The van der Waals surface area contributed by atoms with Gasteiger partial charge < -0.3 is 9.47 Å². The first-order chi connectivity index (χ1) is 23.0. The number of fused-ring (bicyclic) bond motifs is 4. The van der Waals surface area contributed by atoms with Crippen LogP contribution in [0.2, 0.25) is 0 Å². The van der Waals surface area contributed by atoms with Crippen LogP contribution in [0.15, 0.2) is 134 Å². The van der Waals surface area contributed by atoms with E-state index < -0.39 is 23.1 Å². The van der Waals surface area contributed by atoms with E-state index in [1.165, 1.54) is 0 Å². The van der Waals surface area contributed by atoms with E-state index >= 15 is 0 Å². The van der Waals surface area contributed by atoms with Gasteiger partial charge in [-0.25, -0.2) is 9.59 Å². The Morgan fingerprint density at radius 2 is 0.979 bits per heavy atom. The normalized spacial score (nSPS) is 14.4.